The van der Waals surface area contributed by atoms with E-state index in [1.54, 1.807) is 11.3 Å². The molecule has 104 valence electrons. The molecule has 1 amide bonds. The molecular weight excluding hydrogens is 292 g/mol. The first-order valence-corrected chi connectivity index (χ1v) is 7.69. The maximum Gasteiger partial charge on any atom is 0.261 e. The third-order valence-electron chi connectivity index (χ3n) is 2.52. The van der Waals surface area contributed by atoms with E-state index in [1.807, 2.05) is 25.3 Å². The molecule has 2 aromatic rings. The highest BCUT2D eigenvalue weighted by atomic mass is 32.1. The number of hydrogen-bond acceptors (Lipinski definition) is 5. The Balaban J connectivity index is 2.02. The minimum atomic E-state index is -0.179. The lowest BCUT2D eigenvalue weighted by Crippen LogP contribution is -2.21. The number of aliphatic hydroxyl groups is 1. The molecule has 0 unspecified atom stereocenters. The lowest BCUT2D eigenvalue weighted by molar-refractivity contribution is 0.0954. The van der Waals surface area contributed by atoms with E-state index in [0.717, 1.165) is 21.1 Å². The third-order valence-corrected chi connectivity index (χ3v) is 4.49. The summed E-state index contributed by atoms with van der Waals surface area (Å²) < 4.78 is 0. The van der Waals surface area contributed by atoms with Gasteiger partial charge in [0.2, 0.25) is 0 Å². The van der Waals surface area contributed by atoms with Gasteiger partial charge in [0, 0.05) is 5.38 Å². The second kappa shape index (κ2) is 6.66. The largest absolute Gasteiger partial charge is 0.384 e. The molecule has 0 spiro atoms. The second-order valence-electron chi connectivity index (χ2n) is 4.12. The van der Waals surface area contributed by atoms with Crippen LogP contribution in [0.4, 0.5) is 0 Å². The SMILES string of the molecule is Cc1nc(CNC(=O)c2cc(C)c(C#CCO)s2)cs1. The van der Waals surface area contributed by atoms with E-state index in [2.05, 4.69) is 22.1 Å². The van der Waals surface area contributed by atoms with E-state index in [1.165, 1.54) is 11.3 Å². The first-order chi connectivity index (χ1) is 9.60. The normalized spacial score (nSPS) is 9.95. The van der Waals surface area contributed by atoms with E-state index < -0.39 is 0 Å². The molecular formula is C14H14N2O2S2. The summed E-state index contributed by atoms with van der Waals surface area (Å²) in [5.74, 6) is 5.31. The van der Waals surface area contributed by atoms with Gasteiger partial charge in [-0.25, -0.2) is 4.98 Å². The molecule has 2 rings (SSSR count). The molecule has 0 aromatic carbocycles. The Bertz CT molecular complexity index is 677. The molecule has 6 heteroatoms. The molecule has 0 radical (unpaired) electrons. The number of thiazole rings is 1. The first kappa shape index (κ1) is 14.7. The molecule has 0 aliphatic rings. The smallest absolute Gasteiger partial charge is 0.261 e. The zero-order valence-corrected chi connectivity index (χ0v) is 12.8. The number of nitrogens with one attached hydrogen (secondary N) is 1. The fourth-order valence-corrected chi connectivity index (χ4v) is 3.16. The monoisotopic (exact) mass is 306 g/mol. The number of aliphatic hydroxyl groups excluding tert-OH is 1. The fourth-order valence-electron chi connectivity index (χ4n) is 1.59. The average Bonchev–Trinajstić information content (AvgIpc) is 3.00. The summed E-state index contributed by atoms with van der Waals surface area (Å²) in [7, 11) is 0. The number of nitrogens with zero attached hydrogens (tertiary/aromatic N) is 1. The van der Waals surface area contributed by atoms with Crippen LogP contribution in [-0.4, -0.2) is 22.6 Å². The molecule has 0 fully saturated rings. The summed E-state index contributed by atoms with van der Waals surface area (Å²) in [6, 6.07) is 1.81. The third kappa shape index (κ3) is 3.67. The Morgan fingerprint density at radius 1 is 1.50 bits per heavy atom. The van der Waals surface area contributed by atoms with Crippen LogP contribution in [-0.2, 0) is 6.54 Å². The van der Waals surface area contributed by atoms with Crippen molar-refractivity contribution in [1.82, 2.24) is 10.3 Å². The second-order valence-corrected chi connectivity index (χ2v) is 6.24. The lowest BCUT2D eigenvalue weighted by atomic mass is 10.2. The predicted molar refractivity (Wildman–Crippen MR) is 81.0 cm³/mol. The maximum atomic E-state index is 12.0. The van der Waals surface area contributed by atoms with Crippen molar-refractivity contribution in [2.75, 3.05) is 6.61 Å². The zero-order chi connectivity index (χ0) is 14.5. The number of amides is 1. The Labute approximate surface area is 125 Å². The summed E-state index contributed by atoms with van der Waals surface area (Å²) in [5.41, 5.74) is 1.82. The predicted octanol–water partition coefficient (Wildman–Crippen LogP) is 2.10. The van der Waals surface area contributed by atoms with Gasteiger partial charge in [-0.15, -0.1) is 22.7 Å². The summed E-state index contributed by atoms with van der Waals surface area (Å²) in [6.45, 7) is 4.09. The number of carbonyl (C=O) groups excluding carboxylic acids is 1. The molecule has 0 bridgehead atoms. The Hall–Kier alpha value is -1.68. The number of thiophene rings is 1. The number of carbonyl (C=O) groups is 1. The molecule has 0 aliphatic heterocycles. The van der Waals surface area contributed by atoms with E-state index in [9.17, 15) is 4.79 Å². The van der Waals surface area contributed by atoms with Crippen LogP contribution in [0.15, 0.2) is 11.4 Å². The molecule has 0 saturated carbocycles. The van der Waals surface area contributed by atoms with Crippen molar-refractivity contribution < 1.29 is 9.90 Å². The van der Waals surface area contributed by atoms with Crippen LogP contribution in [0.1, 0.15) is 30.8 Å². The van der Waals surface area contributed by atoms with E-state index in [-0.39, 0.29) is 12.5 Å². The molecule has 20 heavy (non-hydrogen) atoms. The van der Waals surface area contributed by atoms with Crippen molar-refractivity contribution in [3.8, 4) is 11.8 Å². The molecule has 2 aromatic heterocycles. The average molecular weight is 306 g/mol. The van der Waals surface area contributed by atoms with Crippen LogP contribution in [0.5, 0.6) is 0 Å². The molecule has 0 aliphatic carbocycles. The summed E-state index contributed by atoms with van der Waals surface area (Å²) in [6.07, 6.45) is 0. The van der Waals surface area contributed by atoms with Crippen molar-refractivity contribution >= 4 is 28.6 Å². The van der Waals surface area contributed by atoms with E-state index in [0.29, 0.717) is 11.4 Å². The van der Waals surface area contributed by atoms with E-state index >= 15 is 0 Å². The van der Waals surface area contributed by atoms with Gasteiger partial charge in [0.25, 0.3) is 5.91 Å². The number of hydrogen-bond donors (Lipinski definition) is 2. The highest BCUT2D eigenvalue weighted by Crippen LogP contribution is 2.21. The molecule has 0 saturated heterocycles. The minimum absolute atomic E-state index is 0.124. The Morgan fingerprint density at radius 2 is 2.30 bits per heavy atom. The summed E-state index contributed by atoms with van der Waals surface area (Å²) >= 11 is 2.90. The van der Waals surface area contributed by atoms with Gasteiger partial charge in [0.15, 0.2) is 0 Å². The van der Waals surface area contributed by atoms with Gasteiger partial charge in [-0.2, -0.15) is 0 Å². The van der Waals surface area contributed by atoms with Crippen LogP contribution in [0.2, 0.25) is 0 Å². The van der Waals surface area contributed by atoms with Crippen molar-refractivity contribution in [3.63, 3.8) is 0 Å². The standard InChI is InChI=1S/C14H14N2O2S2/c1-9-6-13(20-12(9)4-3-5-17)14(18)15-7-11-8-19-10(2)16-11/h6,8,17H,5,7H2,1-2H3,(H,15,18). The van der Waals surface area contributed by atoms with Crippen molar-refractivity contribution in [2.45, 2.75) is 20.4 Å². The van der Waals surface area contributed by atoms with Gasteiger partial charge < -0.3 is 10.4 Å². The van der Waals surface area contributed by atoms with Gasteiger partial charge in [0.05, 0.1) is 27.0 Å². The minimum Gasteiger partial charge on any atom is -0.384 e. The van der Waals surface area contributed by atoms with Crippen LogP contribution >= 0.6 is 22.7 Å². The van der Waals surface area contributed by atoms with Crippen molar-refractivity contribution in [2.24, 2.45) is 0 Å². The highest BCUT2D eigenvalue weighted by Gasteiger charge is 2.11. The zero-order valence-electron chi connectivity index (χ0n) is 11.2. The van der Waals surface area contributed by atoms with E-state index in [4.69, 9.17) is 5.11 Å². The number of aryl methyl sites for hydroxylation is 2. The Morgan fingerprint density at radius 3 is 2.95 bits per heavy atom. The summed E-state index contributed by atoms with van der Waals surface area (Å²) in [4.78, 5) is 17.8. The van der Waals surface area contributed by atoms with Gasteiger partial charge in [-0.3, -0.25) is 4.79 Å². The van der Waals surface area contributed by atoms with Crippen molar-refractivity contribution in [1.29, 1.82) is 0 Å². The topological polar surface area (TPSA) is 62.2 Å². The quantitative estimate of drug-likeness (QED) is 0.854. The van der Waals surface area contributed by atoms with Crippen LogP contribution < -0.4 is 5.32 Å². The van der Waals surface area contributed by atoms with Gasteiger partial charge >= 0.3 is 0 Å². The Kier molecular flexibility index (Phi) is 4.90. The van der Waals surface area contributed by atoms with Gasteiger partial charge in [-0.1, -0.05) is 11.8 Å². The van der Waals surface area contributed by atoms with Crippen LogP contribution in [0.3, 0.4) is 0 Å². The molecule has 0 atom stereocenters. The lowest BCUT2D eigenvalue weighted by Gasteiger charge is -2.00. The molecule has 2 N–H and O–H groups in total. The van der Waals surface area contributed by atoms with Gasteiger partial charge in [0.1, 0.15) is 6.61 Å². The summed E-state index contributed by atoms with van der Waals surface area (Å²) in [5, 5.41) is 14.5. The van der Waals surface area contributed by atoms with Gasteiger partial charge in [-0.05, 0) is 25.5 Å². The van der Waals surface area contributed by atoms with Crippen LogP contribution in [0.25, 0.3) is 0 Å². The maximum absolute atomic E-state index is 12.0. The van der Waals surface area contributed by atoms with Crippen LogP contribution in [0, 0.1) is 25.7 Å². The fraction of sp³-hybridized carbons (Fsp3) is 0.286. The first-order valence-electron chi connectivity index (χ1n) is 5.99. The van der Waals surface area contributed by atoms with Crippen molar-refractivity contribution in [3.05, 3.63) is 37.5 Å². The molecule has 4 nitrogen and oxygen atoms in total. The molecule has 2 heterocycles. The number of rotatable bonds is 3. The number of aromatic nitrogens is 1. The highest BCUT2D eigenvalue weighted by molar-refractivity contribution is 7.14.